The zero-order chi connectivity index (χ0) is 13.9. The second-order valence-corrected chi connectivity index (χ2v) is 7.49. The van der Waals surface area contributed by atoms with Crippen molar-refractivity contribution in [3.63, 3.8) is 0 Å². The second-order valence-electron chi connectivity index (χ2n) is 7.49. The average Bonchev–Trinajstić information content (AvgIpc) is 2.40. The molecule has 1 N–H and O–H groups in total. The monoisotopic (exact) mass is 266 g/mol. The van der Waals surface area contributed by atoms with Crippen LogP contribution in [0.4, 0.5) is 0 Å². The normalized spacial score (nSPS) is 32.7. The van der Waals surface area contributed by atoms with Crippen LogP contribution in [-0.4, -0.2) is 36.6 Å². The van der Waals surface area contributed by atoms with Crippen molar-refractivity contribution >= 4 is 0 Å². The fourth-order valence-corrected chi connectivity index (χ4v) is 4.41. The minimum Gasteiger partial charge on any atom is -0.315 e. The fraction of sp³-hybridized carbons (Fsp3) is 1.00. The summed E-state index contributed by atoms with van der Waals surface area (Å²) >= 11 is 0. The van der Waals surface area contributed by atoms with Crippen molar-refractivity contribution in [3.8, 4) is 0 Å². The van der Waals surface area contributed by atoms with E-state index in [-0.39, 0.29) is 0 Å². The Balaban J connectivity index is 2.08. The molecule has 2 heteroatoms. The van der Waals surface area contributed by atoms with E-state index in [1.165, 1.54) is 57.9 Å². The largest absolute Gasteiger partial charge is 0.315 e. The van der Waals surface area contributed by atoms with E-state index in [1.54, 1.807) is 0 Å². The first-order valence-corrected chi connectivity index (χ1v) is 8.50. The molecule has 2 aliphatic carbocycles. The lowest BCUT2D eigenvalue weighted by atomic mass is 9.72. The van der Waals surface area contributed by atoms with Gasteiger partial charge in [-0.25, -0.2) is 0 Å². The zero-order valence-corrected chi connectivity index (χ0v) is 13.5. The molecule has 0 aromatic heterocycles. The van der Waals surface area contributed by atoms with Crippen molar-refractivity contribution in [2.45, 2.75) is 90.3 Å². The molecular weight excluding hydrogens is 232 g/mol. The minimum atomic E-state index is 0.528. The Kier molecular flexibility index (Phi) is 5.30. The van der Waals surface area contributed by atoms with Crippen molar-refractivity contribution in [1.29, 1.82) is 0 Å². The quantitative estimate of drug-likeness (QED) is 0.832. The van der Waals surface area contributed by atoms with Crippen LogP contribution in [0.1, 0.15) is 72.1 Å². The Bertz CT molecular complexity index is 268. The number of nitrogens with one attached hydrogen (secondary N) is 1. The highest BCUT2D eigenvalue weighted by atomic mass is 15.2. The van der Waals surface area contributed by atoms with E-state index in [4.69, 9.17) is 0 Å². The predicted molar refractivity (Wildman–Crippen MR) is 83.5 cm³/mol. The molecule has 0 spiro atoms. The lowest BCUT2D eigenvalue weighted by molar-refractivity contribution is 0.0293. The van der Waals surface area contributed by atoms with Gasteiger partial charge in [-0.05, 0) is 51.1 Å². The highest BCUT2D eigenvalue weighted by molar-refractivity contribution is 4.96. The van der Waals surface area contributed by atoms with E-state index in [9.17, 15) is 0 Å². The van der Waals surface area contributed by atoms with Gasteiger partial charge in [-0.2, -0.15) is 0 Å². The van der Waals surface area contributed by atoms with Gasteiger partial charge in [-0.3, -0.25) is 4.90 Å². The second kappa shape index (κ2) is 6.58. The molecule has 19 heavy (non-hydrogen) atoms. The Labute approximate surface area is 120 Å². The molecule has 0 aromatic rings. The van der Waals surface area contributed by atoms with Crippen LogP contribution in [0.25, 0.3) is 0 Å². The molecule has 2 aliphatic rings. The Morgan fingerprint density at radius 1 is 1.11 bits per heavy atom. The summed E-state index contributed by atoms with van der Waals surface area (Å²) in [4.78, 5) is 2.85. The highest BCUT2D eigenvalue weighted by Crippen LogP contribution is 2.39. The molecule has 0 bridgehead atoms. The van der Waals surface area contributed by atoms with Gasteiger partial charge in [0.2, 0.25) is 0 Å². The Morgan fingerprint density at radius 3 is 2.37 bits per heavy atom. The molecule has 0 aliphatic heterocycles. The minimum absolute atomic E-state index is 0.528. The van der Waals surface area contributed by atoms with Crippen molar-refractivity contribution < 1.29 is 0 Å². The Morgan fingerprint density at radius 2 is 1.79 bits per heavy atom. The van der Waals surface area contributed by atoms with Crippen LogP contribution >= 0.6 is 0 Å². The van der Waals surface area contributed by atoms with Crippen LogP contribution in [-0.2, 0) is 0 Å². The molecule has 0 amide bonds. The van der Waals surface area contributed by atoms with Crippen LogP contribution in [0.15, 0.2) is 0 Å². The summed E-state index contributed by atoms with van der Waals surface area (Å²) in [5, 5.41) is 3.60. The van der Waals surface area contributed by atoms with Gasteiger partial charge >= 0.3 is 0 Å². The third-order valence-corrected chi connectivity index (χ3v) is 5.56. The van der Waals surface area contributed by atoms with Crippen LogP contribution in [0, 0.1) is 5.41 Å². The molecule has 2 unspecified atom stereocenters. The van der Waals surface area contributed by atoms with E-state index >= 15 is 0 Å². The third kappa shape index (κ3) is 3.72. The van der Waals surface area contributed by atoms with E-state index < -0.39 is 0 Å². The van der Waals surface area contributed by atoms with Crippen molar-refractivity contribution in [2.75, 3.05) is 13.6 Å². The number of nitrogens with zero attached hydrogens (tertiary/aromatic N) is 1. The lowest BCUT2D eigenvalue weighted by Gasteiger charge is -2.49. The van der Waals surface area contributed by atoms with Gasteiger partial charge < -0.3 is 5.32 Å². The number of likely N-dealkylation sites (N-methyl/N-ethyl adjacent to an activating group) is 2. The van der Waals surface area contributed by atoms with Gasteiger partial charge in [0.05, 0.1) is 0 Å². The van der Waals surface area contributed by atoms with Gasteiger partial charge in [0, 0.05) is 18.1 Å². The average molecular weight is 266 g/mol. The van der Waals surface area contributed by atoms with Crippen molar-refractivity contribution in [1.82, 2.24) is 10.2 Å². The molecule has 0 heterocycles. The van der Waals surface area contributed by atoms with Gasteiger partial charge in [0.1, 0.15) is 0 Å². The summed E-state index contributed by atoms with van der Waals surface area (Å²) in [7, 11) is 2.16. The van der Waals surface area contributed by atoms with Crippen LogP contribution in [0.5, 0.6) is 0 Å². The maximum absolute atomic E-state index is 3.60. The topological polar surface area (TPSA) is 15.3 Å². The number of rotatable bonds is 4. The molecule has 2 rings (SSSR count). The molecular formula is C17H34N2. The first-order valence-electron chi connectivity index (χ1n) is 8.50. The van der Waals surface area contributed by atoms with E-state index in [0.29, 0.717) is 11.5 Å². The molecule has 2 saturated carbocycles. The standard InChI is InChI=1S/C17H34N2/c1-5-19(14-9-7-6-8-10-14)16-13-17(2,3)12-11-15(16)18-4/h14-16,18H,5-13H2,1-4H3. The molecule has 0 saturated heterocycles. The Hall–Kier alpha value is -0.0800. The third-order valence-electron chi connectivity index (χ3n) is 5.56. The van der Waals surface area contributed by atoms with Gasteiger partial charge in [0.25, 0.3) is 0 Å². The number of hydrogen-bond acceptors (Lipinski definition) is 2. The summed E-state index contributed by atoms with van der Waals surface area (Å²) in [5.74, 6) is 0. The van der Waals surface area contributed by atoms with Gasteiger partial charge in [0.15, 0.2) is 0 Å². The molecule has 0 aromatic carbocycles. The summed E-state index contributed by atoms with van der Waals surface area (Å²) in [6.07, 6.45) is 11.3. The van der Waals surface area contributed by atoms with Crippen molar-refractivity contribution in [2.24, 2.45) is 5.41 Å². The highest BCUT2D eigenvalue weighted by Gasteiger charge is 2.39. The lowest BCUT2D eigenvalue weighted by Crippen LogP contribution is -2.57. The van der Waals surface area contributed by atoms with Gasteiger partial charge in [-0.1, -0.05) is 40.0 Å². The van der Waals surface area contributed by atoms with Crippen LogP contribution in [0.2, 0.25) is 0 Å². The number of hydrogen-bond donors (Lipinski definition) is 1. The fourth-order valence-electron chi connectivity index (χ4n) is 4.41. The molecule has 2 nitrogen and oxygen atoms in total. The zero-order valence-electron chi connectivity index (χ0n) is 13.5. The van der Waals surface area contributed by atoms with Crippen molar-refractivity contribution in [3.05, 3.63) is 0 Å². The van der Waals surface area contributed by atoms with Gasteiger partial charge in [-0.15, -0.1) is 0 Å². The van der Waals surface area contributed by atoms with Crippen LogP contribution < -0.4 is 5.32 Å². The SMILES string of the molecule is CCN(C1CCCCC1)C1CC(C)(C)CCC1NC. The van der Waals surface area contributed by atoms with E-state index in [2.05, 4.69) is 38.0 Å². The smallest absolute Gasteiger partial charge is 0.0257 e. The molecule has 112 valence electrons. The first-order chi connectivity index (χ1) is 9.07. The molecule has 2 atom stereocenters. The maximum atomic E-state index is 3.60. The maximum Gasteiger partial charge on any atom is 0.0257 e. The first kappa shape index (κ1) is 15.3. The summed E-state index contributed by atoms with van der Waals surface area (Å²) in [6.45, 7) is 8.51. The predicted octanol–water partition coefficient (Wildman–Crippen LogP) is 3.81. The molecule has 2 fully saturated rings. The van der Waals surface area contributed by atoms with E-state index in [1.807, 2.05) is 0 Å². The molecule has 0 radical (unpaired) electrons. The summed E-state index contributed by atoms with van der Waals surface area (Å²) in [6, 6.07) is 2.31. The summed E-state index contributed by atoms with van der Waals surface area (Å²) < 4.78 is 0. The van der Waals surface area contributed by atoms with Crippen LogP contribution in [0.3, 0.4) is 0 Å². The van der Waals surface area contributed by atoms with E-state index in [0.717, 1.165) is 12.1 Å². The summed E-state index contributed by atoms with van der Waals surface area (Å²) in [5.41, 5.74) is 0.528.